The van der Waals surface area contributed by atoms with Crippen molar-refractivity contribution in [2.75, 3.05) is 5.73 Å². The smallest absolute Gasteiger partial charge is 0.251 e. The van der Waals surface area contributed by atoms with Gasteiger partial charge in [-0.3, -0.25) is 4.79 Å². The van der Waals surface area contributed by atoms with Gasteiger partial charge in [-0.25, -0.2) is 0 Å². The third-order valence-electron chi connectivity index (χ3n) is 3.46. The van der Waals surface area contributed by atoms with Gasteiger partial charge in [-0.1, -0.05) is 18.2 Å². The van der Waals surface area contributed by atoms with Crippen LogP contribution in [0.25, 0.3) is 0 Å². The third-order valence-corrected chi connectivity index (χ3v) is 3.46. The SMILES string of the molecule is Cc1cc(C)c(C(=O)NC2CC=CCC2)cc1N. The number of nitrogen functional groups attached to an aromatic ring is 1. The number of allylic oxidation sites excluding steroid dienone is 1. The molecule has 3 heteroatoms. The Morgan fingerprint density at radius 1 is 1.28 bits per heavy atom. The second-order valence-electron chi connectivity index (χ2n) is 4.98. The zero-order chi connectivity index (χ0) is 13.1. The molecule has 1 aromatic carbocycles. The molecule has 1 aromatic rings. The first-order valence-corrected chi connectivity index (χ1v) is 6.40. The number of carbonyl (C=O) groups is 1. The molecule has 0 bridgehead atoms. The molecular weight excluding hydrogens is 224 g/mol. The molecule has 1 aliphatic rings. The molecular formula is C15H20N2O. The molecule has 0 aromatic heterocycles. The molecule has 1 unspecified atom stereocenters. The second-order valence-corrected chi connectivity index (χ2v) is 4.98. The highest BCUT2D eigenvalue weighted by atomic mass is 16.1. The topological polar surface area (TPSA) is 55.1 Å². The van der Waals surface area contributed by atoms with Gasteiger partial charge in [-0.2, -0.15) is 0 Å². The summed E-state index contributed by atoms with van der Waals surface area (Å²) in [6, 6.07) is 3.99. The van der Waals surface area contributed by atoms with Crippen LogP contribution in [0.4, 0.5) is 5.69 Å². The van der Waals surface area contributed by atoms with Crippen LogP contribution >= 0.6 is 0 Å². The number of nitrogens with one attached hydrogen (secondary N) is 1. The van der Waals surface area contributed by atoms with E-state index in [4.69, 9.17) is 5.73 Å². The number of aryl methyl sites for hydroxylation is 2. The van der Waals surface area contributed by atoms with E-state index in [0.717, 1.165) is 30.4 Å². The minimum absolute atomic E-state index is 0.0144. The summed E-state index contributed by atoms with van der Waals surface area (Å²) in [5, 5.41) is 3.08. The van der Waals surface area contributed by atoms with Gasteiger partial charge in [0.15, 0.2) is 0 Å². The van der Waals surface area contributed by atoms with Gasteiger partial charge in [-0.15, -0.1) is 0 Å². The minimum Gasteiger partial charge on any atom is -0.398 e. The Hall–Kier alpha value is -1.77. The number of hydrogen-bond acceptors (Lipinski definition) is 2. The van der Waals surface area contributed by atoms with Crippen molar-refractivity contribution in [1.29, 1.82) is 0 Å². The normalized spacial score (nSPS) is 18.7. The van der Waals surface area contributed by atoms with Gasteiger partial charge in [0, 0.05) is 17.3 Å². The van der Waals surface area contributed by atoms with Crippen molar-refractivity contribution in [3.8, 4) is 0 Å². The fraction of sp³-hybridized carbons (Fsp3) is 0.400. The lowest BCUT2D eigenvalue weighted by Crippen LogP contribution is -2.35. The molecule has 1 atom stereocenters. The van der Waals surface area contributed by atoms with Crippen LogP contribution in [-0.4, -0.2) is 11.9 Å². The van der Waals surface area contributed by atoms with Crippen LogP contribution in [-0.2, 0) is 0 Å². The summed E-state index contributed by atoms with van der Waals surface area (Å²) in [5.74, 6) is -0.0144. The predicted octanol–water partition coefficient (Wildman–Crippen LogP) is 2.72. The number of anilines is 1. The number of hydrogen-bond donors (Lipinski definition) is 2. The van der Waals surface area contributed by atoms with E-state index in [-0.39, 0.29) is 11.9 Å². The largest absolute Gasteiger partial charge is 0.398 e. The molecule has 2 rings (SSSR count). The fourth-order valence-corrected chi connectivity index (χ4v) is 2.30. The third kappa shape index (κ3) is 2.73. The maximum absolute atomic E-state index is 12.2. The van der Waals surface area contributed by atoms with E-state index >= 15 is 0 Å². The van der Waals surface area contributed by atoms with E-state index < -0.39 is 0 Å². The Balaban J connectivity index is 2.13. The van der Waals surface area contributed by atoms with E-state index in [1.54, 1.807) is 6.07 Å². The van der Waals surface area contributed by atoms with Gasteiger partial charge in [0.1, 0.15) is 0 Å². The van der Waals surface area contributed by atoms with Crippen LogP contribution in [0.15, 0.2) is 24.3 Å². The lowest BCUT2D eigenvalue weighted by molar-refractivity contribution is 0.0934. The number of benzene rings is 1. The summed E-state index contributed by atoms with van der Waals surface area (Å²) in [7, 11) is 0. The van der Waals surface area contributed by atoms with E-state index in [0.29, 0.717) is 11.3 Å². The molecule has 3 nitrogen and oxygen atoms in total. The molecule has 3 N–H and O–H groups in total. The molecule has 0 saturated heterocycles. The van der Waals surface area contributed by atoms with Crippen LogP contribution in [0.2, 0.25) is 0 Å². The van der Waals surface area contributed by atoms with Crippen molar-refractivity contribution in [3.05, 3.63) is 41.0 Å². The predicted molar refractivity (Wildman–Crippen MR) is 74.6 cm³/mol. The fourth-order valence-electron chi connectivity index (χ4n) is 2.30. The van der Waals surface area contributed by atoms with Crippen molar-refractivity contribution in [1.82, 2.24) is 5.32 Å². The first-order valence-electron chi connectivity index (χ1n) is 6.40. The van der Waals surface area contributed by atoms with Crippen molar-refractivity contribution < 1.29 is 4.79 Å². The molecule has 0 saturated carbocycles. The Morgan fingerprint density at radius 2 is 2.06 bits per heavy atom. The molecule has 0 heterocycles. The average molecular weight is 244 g/mol. The van der Waals surface area contributed by atoms with Gasteiger partial charge in [0.25, 0.3) is 5.91 Å². The van der Waals surface area contributed by atoms with Gasteiger partial charge in [0.05, 0.1) is 0 Å². The molecule has 18 heavy (non-hydrogen) atoms. The lowest BCUT2D eigenvalue weighted by Gasteiger charge is -2.20. The van der Waals surface area contributed by atoms with E-state index in [1.807, 2.05) is 19.9 Å². The quantitative estimate of drug-likeness (QED) is 0.621. The van der Waals surface area contributed by atoms with E-state index in [1.165, 1.54) is 0 Å². The molecule has 0 radical (unpaired) electrons. The summed E-state index contributed by atoms with van der Waals surface area (Å²) in [5.41, 5.74) is 9.23. The van der Waals surface area contributed by atoms with Crippen molar-refractivity contribution in [2.24, 2.45) is 0 Å². The molecule has 1 amide bonds. The van der Waals surface area contributed by atoms with Crippen LogP contribution < -0.4 is 11.1 Å². The first-order chi connectivity index (χ1) is 8.58. The minimum atomic E-state index is -0.0144. The highest BCUT2D eigenvalue weighted by Crippen LogP contribution is 2.19. The summed E-state index contributed by atoms with van der Waals surface area (Å²) in [6.07, 6.45) is 7.28. The maximum Gasteiger partial charge on any atom is 0.251 e. The van der Waals surface area contributed by atoms with E-state index in [2.05, 4.69) is 17.5 Å². The van der Waals surface area contributed by atoms with Crippen molar-refractivity contribution in [3.63, 3.8) is 0 Å². The molecule has 96 valence electrons. The summed E-state index contributed by atoms with van der Waals surface area (Å²) >= 11 is 0. The zero-order valence-corrected chi connectivity index (χ0v) is 11.0. The first kappa shape index (κ1) is 12.7. The molecule has 0 spiro atoms. The van der Waals surface area contributed by atoms with Crippen LogP contribution in [0, 0.1) is 13.8 Å². The van der Waals surface area contributed by atoms with E-state index in [9.17, 15) is 4.79 Å². The number of rotatable bonds is 2. The van der Waals surface area contributed by atoms with Crippen LogP contribution in [0.1, 0.15) is 40.7 Å². The van der Waals surface area contributed by atoms with Crippen molar-refractivity contribution in [2.45, 2.75) is 39.2 Å². The Kier molecular flexibility index (Phi) is 3.70. The van der Waals surface area contributed by atoms with Gasteiger partial charge < -0.3 is 11.1 Å². The number of nitrogens with two attached hydrogens (primary N) is 1. The Bertz CT molecular complexity index is 492. The Morgan fingerprint density at radius 3 is 2.72 bits per heavy atom. The monoisotopic (exact) mass is 244 g/mol. The van der Waals surface area contributed by atoms with Gasteiger partial charge in [0.2, 0.25) is 0 Å². The highest BCUT2D eigenvalue weighted by Gasteiger charge is 2.16. The lowest BCUT2D eigenvalue weighted by atomic mass is 10.00. The zero-order valence-electron chi connectivity index (χ0n) is 11.0. The second kappa shape index (κ2) is 5.25. The van der Waals surface area contributed by atoms with Crippen LogP contribution in [0.3, 0.4) is 0 Å². The van der Waals surface area contributed by atoms with Crippen molar-refractivity contribution >= 4 is 11.6 Å². The summed E-state index contributed by atoms with van der Waals surface area (Å²) in [6.45, 7) is 3.90. The maximum atomic E-state index is 12.2. The van der Waals surface area contributed by atoms with Gasteiger partial charge >= 0.3 is 0 Å². The molecule has 0 fully saturated rings. The van der Waals surface area contributed by atoms with Crippen LogP contribution in [0.5, 0.6) is 0 Å². The molecule has 1 aliphatic carbocycles. The molecule has 0 aliphatic heterocycles. The summed E-state index contributed by atoms with van der Waals surface area (Å²) < 4.78 is 0. The average Bonchev–Trinajstić information content (AvgIpc) is 2.35. The van der Waals surface area contributed by atoms with Gasteiger partial charge in [-0.05, 0) is 50.3 Å². The number of carbonyl (C=O) groups excluding carboxylic acids is 1. The number of amides is 1. The Labute approximate surface area is 108 Å². The summed E-state index contributed by atoms with van der Waals surface area (Å²) in [4.78, 5) is 12.2. The highest BCUT2D eigenvalue weighted by molar-refractivity contribution is 5.96. The standard InChI is InChI=1S/C15H20N2O/c1-10-8-11(2)14(16)9-13(10)15(18)17-12-6-4-3-5-7-12/h3-4,8-9,12H,5-7,16H2,1-2H3,(H,17,18).